The van der Waals surface area contributed by atoms with Crippen LogP contribution in [0, 0.1) is 5.82 Å². The van der Waals surface area contributed by atoms with Gasteiger partial charge in [-0.3, -0.25) is 0 Å². The van der Waals surface area contributed by atoms with Gasteiger partial charge in [0.2, 0.25) is 5.95 Å². The molecule has 1 aliphatic heterocycles. The van der Waals surface area contributed by atoms with Crippen molar-refractivity contribution in [2.24, 2.45) is 0 Å². The van der Waals surface area contributed by atoms with E-state index < -0.39 is 0 Å². The molecule has 4 aromatic heterocycles. The van der Waals surface area contributed by atoms with Crippen molar-refractivity contribution < 1.29 is 13.9 Å². The molecule has 0 amide bonds. The number of nitrogens with one attached hydrogen (secondary N) is 2. The first kappa shape index (κ1) is 27.1. The maximum atomic E-state index is 13.6. The maximum Gasteiger partial charge on any atom is 0.227 e. The molecule has 0 aliphatic carbocycles. The van der Waals surface area contributed by atoms with Crippen LogP contribution in [0.4, 0.5) is 27.7 Å². The number of pyridine rings is 2. The van der Waals surface area contributed by atoms with Gasteiger partial charge in [0.05, 0.1) is 42.6 Å². The lowest BCUT2D eigenvalue weighted by Crippen LogP contribution is -2.45. The van der Waals surface area contributed by atoms with Crippen LogP contribution in [0.25, 0.3) is 34.0 Å². The Kier molecular flexibility index (Phi) is 7.36. The molecule has 5 heterocycles. The van der Waals surface area contributed by atoms with Gasteiger partial charge >= 0.3 is 0 Å². The number of benzene rings is 1. The molecule has 42 heavy (non-hydrogen) atoms. The van der Waals surface area contributed by atoms with Crippen molar-refractivity contribution in [2.45, 2.75) is 26.1 Å². The van der Waals surface area contributed by atoms with Gasteiger partial charge < -0.3 is 30.4 Å². The molecule has 0 spiro atoms. The van der Waals surface area contributed by atoms with Crippen LogP contribution in [0.1, 0.15) is 13.8 Å². The summed E-state index contributed by atoms with van der Waals surface area (Å²) in [5.74, 6) is 2.17. The van der Waals surface area contributed by atoms with Crippen LogP contribution in [-0.2, 0) is 4.74 Å². The van der Waals surface area contributed by atoms with E-state index in [1.807, 2.05) is 12.1 Å². The Labute approximate surface area is 242 Å². The first-order valence-corrected chi connectivity index (χ1v) is 13.5. The maximum absolute atomic E-state index is 13.6. The molecule has 11 nitrogen and oxygen atoms in total. The zero-order valence-electron chi connectivity index (χ0n) is 23.4. The number of hydrogen-bond acceptors (Lipinski definition) is 10. The van der Waals surface area contributed by atoms with Gasteiger partial charge in [-0.05, 0) is 62.4 Å². The molecule has 1 fully saturated rings. The van der Waals surface area contributed by atoms with Crippen LogP contribution in [0.5, 0.6) is 5.75 Å². The van der Waals surface area contributed by atoms with E-state index in [9.17, 15) is 4.39 Å². The second-order valence-corrected chi connectivity index (χ2v) is 10.1. The Balaban J connectivity index is 1.31. The minimum Gasteiger partial charge on any atom is -0.493 e. The fourth-order valence-corrected chi connectivity index (χ4v) is 4.96. The van der Waals surface area contributed by atoms with Crippen LogP contribution in [0.2, 0.25) is 0 Å². The van der Waals surface area contributed by atoms with Crippen molar-refractivity contribution in [1.82, 2.24) is 29.9 Å². The first-order chi connectivity index (χ1) is 20.4. The number of methoxy groups -OCH3 is 1. The number of anilines is 4. The fourth-order valence-electron chi connectivity index (χ4n) is 4.96. The van der Waals surface area contributed by atoms with Crippen LogP contribution in [0.3, 0.4) is 0 Å². The number of nitrogen functional groups attached to an aromatic ring is 1. The number of ether oxygens (including phenoxy) is 2. The molecule has 2 atom stereocenters. The minimum absolute atomic E-state index is 0.144. The number of nitrogens with zero attached hydrogens (tertiary/aromatic N) is 6. The summed E-state index contributed by atoms with van der Waals surface area (Å²) >= 11 is 0. The van der Waals surface area contributed by atoms with Gasteiger partial charge in [0.15, 0.2) is 11.6 Å². The van der Waals surface area contributed by atoms with Gasteiger partial charge in [-0.2, -0.15) is 0 Å². The van der Waals surface area contributed by atoms with E-state index in [1.54, 1.807) is 42.9 Å². The lowest BCUT2D eigenvalue weighted by molar-refractivity contribution is -0.00545. The second kappa shape index (κ2) is 11.4. The summed E-state index contributed by atoms with van der Waals surface area (Å²) < 4.78 is 24.8. The third-order valence-corrected chi connectivity index (χ3v) is 6.86. The highest BCUT2D eigenvalue weighted by Gasteiger charge is 2.23. The summed E-state index contributed by atoms with van der Waals surface area (Å²) in [4.78, 5) is 28.5. The van der Waals surface area contributed by atoms with Crippen molar-refractivity contribution >= 4 is 23.3 Å². The van der Waals surface area contributed by atoms with E-state index in [4.69, 9.17) is 25.2 Å². The third kappa shape index (κ3) is 5.70. The Hall–Kier alpha value is -5.10. The summed E-state index contributed by atoms with van der Waals surface area (Å²) in [6.07, 6.45) is 5.33. The Bertz CT molecular complexity index is 1680. The molecule has 6 rings (SSSR count). The Morgan fingerprint density at radius 1 is 0.976 bits per heavy atom. The van der Waals surface area contributed by atoms with Crippen molar-refractivity contribution in [3.63, 3.8) is 0 Å². The average Bonchev–Trinajstić information content (AvgIpc) is 3.43. The molecule has 214 valence electrons. The van der Waals surface area contributed by atoms with E-state index in [0.29, 0.717) is 45.7 Å². The summed E-state index contributed by atoms with van der Waals surface area (Å²) in [6.45, 7) is 5.71. The standard InChI is InChI=1S/C30H30FN9O2/c1-17-15-40(16-18(2)42-17)25-9-8-22(14-34-25)36-30-33-11-10-23(37-30)27-26(20-12-24(41-3)28(32)35-13-20)38-29(39-27)19-4-6-21(31)7-5-19/h4-14,17-18H,15-16H2,1-3H3,(H2,32,35)(H,38,39)(H,33,36,37). The van der Waals surface area contributed by atoms with Crippen LogP contribution in [-0.4, -0.2) is 62.3 Å². The van der Waals surface area contributed by atoms with Gasteiger partial charge in [0.25, 0.3) is 0 Å². The van der Waals surface area contributed by atoms with E-state index in [-0.39, 0.29) is 23.8 Å². The number of halogens is 1. The second-order valence-electron chi connectivity index (χ2n) is 10.1. The minimum atomic E-state index is -0.332. The normalized spacial score (nSPS) is 16.8. The molecular formula is C30H30FN9O2. The Morgan fingerprint density at radius 3 is 2.48 bits per heavy atom. The lowest BCUT2D eigenvalue weighted by atomic mass is 10.1. The van der Waals surface area contributed by atoms with Gasteiger partial charge in [0.1, 0.15) is 23.2 Å². The predicted molar refractivity (Wildman–Crippen MR) is 159 cm³/mol. The summed E-state index contributed by atoms with van der Waals surface area (Å²) in [5, 5.41) is 3.24. The highest BCUT2D eigenvalue weighted by Crippen LogP contribution is 2.35. The van der Waals surface area contributed by atoms with Gasteiger partial charge in [-0.1, -0.05) is 0 Å². The third-order valence-electron chi connectivity index (χ3n) is 6.86. The van der Waals surface area contributed by atoms with Crippen molar-refractivity contribution in [3.05, 3.63) is 72.9 Å². The van der Waals surface area contributed by atoms with Crippen LogP contribution in [0.15, 0.2) is 67.1 Å². The molecule has 4 N–H and O–H groups in total. The monoisotopic (exact) mass is 567 g/mol. The number of aromatic amines is 1. The largest absolute Gasteiger partial charge is 0.493 e. The number of nitrogens with two attached hydrogens (primary N) is 1. The molecule has 1 aromatic carbocycles. The SMILES string of the molecule is COc1cc(-c2nc(-c3ccc(F)cc3)[nH]c2-c2ccnc(Nc3ccc(N4CC(C)OC(C)C4)nc3)n2)cnc1N. The average molecular weight is 568 g/mol. The highest BCUT2D eigenvalue weighted by molar-refractivity contribution is 5.81. The number of morpholine rings is 1. The van der Waals surface area contributed by atoms with Crippen molar-refractivity contribution in [1.29, 1.82) is 0 Å². The lowest BCUT2D eigenvalue weighted by Gasteiger charge is -2.36. The zero-order valence-corrected chi connectivity index (χ0v) is 23.4. The fraction of sp³-hybridized carbons (Fsp3) is 0.233. The number of hydrogen-bond donors (Lipinski definition) is 3. The molecule has 2 unspecified atom stereocenters. The number of rotatable bonds is 7. The van der Waals surface area contributed by atoms with Crippen LogP contribution < -0.4 is 20.7 Å². The van der Waals surface area contributed by atoms with E-state index in [2.05, 4.69) is 44.0 Å². The smallest absolute Gasteiger partial charge is 0.227 e. The zero-order chi connectivity index (χ0) is 29.2. The van der Waals surface area contributed by atoms with Crippen molar-refractivity contribution in [3.8, 4) is 39.8 Å². The molecule has 1 aliphatic rings. The number of aromatic nitrogens is 6. The van der Waals surface area contributed by atoms with Gasteiger partial charge in [0, 0.05) is 36.6 Å². The van der Waals surface area contributed by atoms with Gasteiger partial charge in [-0.25, -0.2) is 29.3 Å². The predicted octanol–water partition coefficient (Wildman–Crippen LogP) is 5.08. The van der Waals surface area contributed by atoms with E-state index in [1.165, 1.54) is 19.2 Å². The molecule has 1 saturated heterocycles. The highest BCUT2D eigenvalue weighted by atomic mass is 19.1. The van der Waals surface area contributed by atoms with Crippen LogP contribution >= 0.6 is 0 Å². The van der Waals surface area contributed by atoms with Gasteiger partial charge in [-0.15, -0.1) is 0 Å². The number of imidazole rings is 1. The summed E-state index contributed by atoms with van der Waals surface area (Å²) in [6, 6.07) is 13.6. The summed E-state index contributed by atoms with van der Waals surface area (Å²) in [7, 11) is 1.53. The molecule has 0 saturated carbocycles. The number of H-pyrrole nitrogens is 1. The van der Waals surface area contributed by atoms with E-state index >= 15 is 0 Å². The topological polar surface area (TPSA) is 140 Å². The Morgan fingerprint density at radius 2 is 1.76 bits per heavy atom. The quantitative estimate of drug-likeness (QED) is 0.244. The summed E-state index contributed by atoms with van der Waals surface area (Å²) in [5.41, 5.74) is 9.85. The first-order valence-electron chi connectivity index (χ1n) is 13.5. The molecular weight excluding hydrogens is 537 g/mol. The van der Waals surface area contributed by atoms with Crippen molar-refractivity contribution in [2.75, 3.05) is 36.1 Å². The molecule has 5 aromatic rings. The molecule has 12 heteroatoms. The molecule has 0 bridgehead atoms. The van der Waals surface area contributed by atoms with E-state index in [0.717, 1.165) is 24.6 Å². The molecule has 0 radical (unpaired) electrons.